The van der Waals surface area contributed by atoms with E-state index in [-0.39, 0.29) is 22.7 Å². The van der Waals surface area contributed by atoms with Crippen LogP contribution in [-0.4, -0.2) is 21.6 Å². The molecule has 1 N–H and O–H groups in total. The second-order valence-corrected chi connectivity index (χ2v) is 6.17. The number of nitrogens with zero attached hydrogens (tertiary/aromatic N) is 4. The van der Waals surface area contributed by atoms with Crippen LogP contribution in [0.25, 0.3) is 0 Å². The maximum atomic E-state index is 11.3. The third-order valence-electron chi connectivity index (χ3n) is 3.97. The van der Waals surface area contributed by atoms with Crippen molar-refractivity contribution < 1.29 is 31.6 Å². The van der Waals surface area contributed by atoms with Crippen molar-refractivity contribution in [3.63, 3.8) is 0 Å². The molecule has 2 heterocycles. The van der Waals surface area contributed by atoms with Crippen molar-refractivity contribution in [1.82, 2.24) is 4.98 Å². The molecule has 1 aliphatic rings. The van der Waals surface area contributed by atoms with Crippen LogP contribution >= 0.6 is 0 Å². The molecule has 0 bridgehead atoms. The van der Waals surface area contributed by atoms with Crippen molar-refractivity contribution in [1.29, 1.82) is 0 Å². The van der Waals surface area contributed by atoms with Crippen molar-refractivity contribution >= 4 is 11.6 Å². The molecule has 1 aromatic heterocycles. The lowest BCUT2D eigenvalue weighted by Crippen LogP contribution is -3.00. The van der Waals surface area contributed by atoms with Crippen LogP contribution in [0.4, 0.5) is 11.6 Å². The molecule has 0 amide bonds. The fraction of sp³-hybridized carbons (Fsp3) is 0.375. The SMILES string of the molecule is CC(C)CN1c2nccc[n+]2C[C@@]1(O)c1ccc([N+](=O)[O-])cc1.[Br-]. The molecule has 7 nitrogen and oxygen atoms in total. The van der Waals surface area contributed by atoms with Crippen LogP contribution in [-0.2, 0) is 12.3 Å². The first-order valence-corrected chi connectivity index (χ1v) is 7.51. The summed E-state index contributed by atoms with van der Waals surface area (Å²) in [5, 5.41) is 22.1. The van der Waals surface area contributed by atoms with Gasteiger partial charge in [0, 0.05) is 23.8 Å². The summed E-state index contributed by atoms with van der Waals surface area (Å²) in [6, 6.07) is 7.87. The summed E-state index contributed by atoms with van der Waals surface area (Å²) in [6.07, 6.45) is 3.57. The number of hydrogen-bond donors (Lipinski definition) is 1. The monoisotopic (exact) mass is 394 g/mol. The van der Waals surface area contributed by atoms with E-state index in [2.05, 4.69) is 18.8 Å². The summed E-state index contributed by atoms with van der Waals surface area (Å²) in [6.45, 7) is 5.11. The van der Waals surface area contributed by atoms with Crippen LogP contribution in [0.3, 0.4) is 0 Å². The molecule has 0 fully saturated rings. The zero-order chi connectivity index (χ0) is 16.6. The molecule has 0 saturated heterocycles. The van der Waals surface area contributed by atoms with Gasteiger partial charge in [-0.2, -0.15) is 0 Å². The minimum Gasteiger partial charge on any atom is -1.00 e. The number of halogens is 1. The molecule has 1 aliphatic heterocycles. The second kappa shape index (κ2) is 6.82. The van der Waals surface area contributed by atoms with Crippen LogP contribution in [0.15, 0.2) is 42.7 Å². The topological polar surface area (TPSA) is 83.4 Å². The normalized spacial score (nSPS) is 19.1. The van der Waals surface area contributed by atoms with Gasteiger partial charge in [-0.15, -0.1) is 0 Å². The maximum absolute atomic E-state index is 11.3. The number of non-ortho nitro benzene ring substituents is 1. The lowest BCUT2D eigenvalue weighted by atomic mass is 10.0. The summed E-state index contributed by atoms with van der Waals surface area (Å²) < 4.78 is 1.89. The van der Waals surface area contributed by atoms with Gasteiger partial charge in [0.05, 0.1) is 17.7 Å². The Kier molecular flexibility index (Phi) is 5.19. The summed E-state index contributed by atoms with van der Waals surface area (Å²) in [5.41, 5.74) is -0.635. The molecule has 1 atom stereocenters. The molecular formula is C16H19BrN4O3. The Morgan fingerprint density at radius 1 is 1.42 bits per heavy atom. The number of aliphatic hydroxyl groups is 1. The molecule has 1 aromatic carbocycles. The van der Waals surface area contributed by atoms with E-state index >= 15 is 0 Å². The summed E-state index contributed by atoms with van der Waals surface area (Å²) in [5.74, 6) is 1.02. The second-order valence-electron chi connectivity index (χ2n) is 6.17. The van der Waals surface area contributed by atoms with E-state index in [0.717, 1.165) is 0 Å². The number of aromatic nitrogens is 2. The number of rotatable bonds is 4. The molecule has 0 radical (unpaired) electrons. The predicted octanol–water partition coefficient (Wildman–Crippen LogP) is -1.40. The zero-order valence-electron chi connectivity index (χ0n) is 13.5. The molecule has 8 heteroatoms. The van der Waals surface area contributed by atoms with E-state index in [9.17, 15) is 15.2 Å². The first-order valence-electron chi connectivity index (χ1n) is 7.51. The Morgan fingerprint density at radius 3 is 2.67 bits per heavy atom. The van der Waals surface area contributed by atoms with E-state index in [1.165, 1.54) is 12.1 Å². The standard InChI is InChI=1S/C16H19N4O3.BrH/c1-12(2)10-19-15-17-8-3-9-18(15)11-16(19,21)13-4-6-14(7-5-13)20(22)23;/h3-9,12,21H,10-11H2,1-2H3;1H/q+1;/p-1/t16-;/m1./s1. The fourth-order valence-corrected chi connectivity index (χ4v) is 2.92. The minimum absolute atomic E-state index is 0. The number of anilines is 1. The highest BCUT2D eigenvalue weighted by atomic mass is 79.9. The molecule has 0 spiro atoms. The van der Waals surface area contributed by atoms with Gasteiger partial charge < -0.3 is 22.1 Å². The average molecular weight is 395 g/mol. The van der Waals surface area contributed by atoms with Crippen molar-refractivity contribution in [3.05, 3.63) is 58.4 Å². The van der Waals surface area contributed by atoms with Crippen LogP contribution < -0.4 is 26.4 Å². The third kappa shape index (κ3) is 3.11. The van der Waals surface area contributed by atoms with Gasteiger partial charge in [-0.3, -0.25) is 10.1 Å². The Bertz CT molecular complexity index is 738. The third-order valence-corrected chi connectivity index (χ3v) is 3.97. The van der Waals surface area contributed by atoms with Crippen LogP contribution in [0.5, 0.6) is 0 Å². The van der Waals surface area contributed by atoms with E-state index < -0.39 is 10.6 Å². The first-order chi connectivity index (χ1) is 10.9. The number of benzene rings is 1. The van der Waals surface area contributed by atoms with Gasteiger partial charge in [0.2, 0.25) is 5.72 Å². The molecule has 2 aromatic rings. The van der Waals surface area contributed by atoms with Gasteiger partial charge in [0.15, 0.2) is 0 Å². The summed E-state index contributed by atoms with van der Waals surface area (Å²) >= 11 is 0. The van der Waals surface area contributed by atoms with Crippen LogP contribution in [0.1, 0.15) is 19.4 Å². The van der Waals surface area contributed by atoms with E-state index in [4.69, 9.17) is 0 Å². The first kappa shape index (κ1) is 18.3. The van der Waals surface area contributed by atoms with Gasteiger partial charge in [-0.25, -0.2) is 9.47 Å². The highest BCUT2D eigenvalue weighted by Crippen LogP contribution is 2.34. The Hall–Kier alpha value is -2.06. The van der Waals surface area contributed by atoms with E-state index in [1.807, 2.05) is 21.7 Å². The van der Waals surface area contributed by atoms with Crippen molar-refractivity contribution in [2.45, 2.75) is 26.1 Å². The van der Waals surface area contributed by atoms with Crippen LogP contribution in [0.2, 0.25) is 0 Å². The number of hydrogen-bond acceptors (Lipinski definition) is 5. The largest absolute Gasteiger partial charge is 1.00 e. The molecule has 3 rings (SSSR count). The van der Waals surface area contributed by atoms with Gasteiger partial charge in [-0.1, -0.05) is 18.8 Å². The van der Waals surface area contributed by atoms with Crippen molar-refractivity contribution in [2.24, 2.45) is 5.92 Å². The lowest BCUT2D eigenvalue weighted by Gasteiger charge is -2.29. The number of nitro benzene ring substituents is 1. The molecule has 24 heavy (non-hydrogen) atoms. The van der Waals surface area contributed by atoms with Gasteiger partial charge in [0.25, 0.3) is 5.69 Å². The van der Waals surface area contributed by atoms with Crippen molar-refractivity contribution in [3.8, 4) is 0 Å². The Morgan fingerprint density at radius 2 is 2.08 bits per heavy atom. The highest BCUT2D eigenvalue weighted by Gasteiger charge is 2.51. The van der Waals surface area contributed by atoms with Gasteiger partial charge in [-0.05, 0) is 18.1 Å². The van der Waals surface area contributed by atoms with Gasteiger partial charge in [0.1, 0.15) is 12.7 Å². The molecular weight excluding hydrogens is 376 g/mol. The number of nitro groups is 1. The van der Waals surface area contributed by atoms with Crippen LogP contribution in [0, 0.1) is 16.0 Å². The molecule has 128 valence electrons. The Labute approximate surface area is 150 Å². The summed E-state index contributed by atoms with van der Waals surface area (Å²) in [7, 11) is 0. The summed E-state index contributed by atoms with van der Waals surface area (Å²) in [4.78, 5) is 16.6. The van der Waals surface area contributed by atoms with Crippen molar-refractivity contribution in [2.75, 3.05) is 11.4 Å². The minimum atomic E-state index is -1.26. The number of fused-ring (bicyclic) bond motifs is 1. The quantitative estimate of drug-likeness (QED) is 0.391. The fourth-order valence-electron chi connectivity index (χ4n) is 2.92. The smallest absolute Gasteiger partial charge is 0.396 e. The van der Waals surface area contributed by atoms with Gasteiger partial charge >= 0.3 is 5.95 Å². The van der Waals surface area contributed by atoms with E-state index in [1.54, 1.807) is 18.3 Å². The molecule has 0 aliphatic carbocycles. The maximum Gasteiger partial charge on any atom is 0.396 e. The molecule has 0 saturated carbocycles. The lowest BCUT2D eigenvalue weighted by molar-refractivity contribution is -0.685. The molecule has 0 unspecified atom stereocenters. The highest BCUT2D eigenvalue weighted by molar-refractivity contribution is 5.41. The zero-order valence-corrected chi connectivity index (χ0v) is 15.0. The predicted molar refractivity (Wildman–Crippen MR) is 83.6 cm³/mol. The Balaban J connectivity index is 0.00000208. The van der Waals surface area contributed by atoms with E-state index in [0.29, 0.717) is 30.5 Å². The average Bonchev–Trinajstić information content (AvgIpc) is 2.80.